The van der Waals surface area contributed by atoms with Crippen LogP contribution in [0.5, 0.6) is 0 Å². The average molecular weight is 249 g/mol. The maximum absolute atomic E-state index is 3.46. The van der Waals surface area contributed by atoms with Crippen LogP contribution in [-0.4, -0.2) is 52.2 Å². The topological polar surface area (TPSA) is 18.5 Å². The molecule has 0 aromatic heterocycles. The summed E-state index contributed by atoms with van der Waals surface area (Å²) in [6.45, 7) is 8.52. The monoisotopic (exact) mass is 249 g/mol. The summed E-state index contributed by atoms with van der Waals surface area (Å²) in [7, 11) is 6.36. The van der Waals surface area contributed by atoms with Crippen molar-refractivity contribution in [1.29, 1.82) is 0 Å². The van der Waals surface area contributed by atoms with Crippen LogP contribution in [0.4, 0.5) is 5.69 Å². The van der Waals surface area contributed by atoms with Crippen molar-refractivity contribution in [2.45, 2.75) is 13.8 Å². The Hall–Kier alpha value is -1.06. The lowest BCUT2D eigenvalue weighted by molar-refractivity contribution is 0.401. The third kappa shape index (κ3) is 5.07. The van der Waals surface area contributed by atoms with Crippen LogP contribution < -0.4 is 10.2 Å². The van der Waals surface area contributed by atoms with E-state index in [1.54, 1.807) is 0 Å². The molecule has 0 saturated carbocycles. The Labute approximate surface area is 112 Å². The van der Waals surface area contributed by atoms with Crippen molar-refractivity contribution in [3.05, 3.63) is 29.3 Å². The van der Waals surface area contributed by atoms with Crippen molar-refractivity contribution in [1.82, 2.24) is 10.2 Å². The molecule has 0 aliphatic rings. The van der Waals surface area contributed by atoms with Crippen LogP contribution in [0.1, 0.15) is 11.1 Å². The van der Waals surface area contributed by atoms with Gasteiger partial charge in [0.25, 0.3) is 0 Å². The van der Waals surface area contributed by atoms with Crippen molar-refractivity contribution in [3.63, 3.8) is 0 Å². The second-order valence-corrected chi connectivity index (χ2v) is 5.26. The summed E-state index contributed by atoms with van der Waals surface area (Å²) in [5, 5.41) is 3.46. The van der Waals surface area contributed by atoms with Gasteiger partial charge >= 0.3 is 0 Å². The zero-order valence-electron chi connectivity index (χ0n) is 12.5. The predicted molar refractivity (Wildman–Crippen MR) is 80.6 cm³/mol. The van der Waals surface area contributed by atoms with E-state index in [4.69, 9.17) is 0 Å². The second-order valence-electron chi connectivity index (χ2n) is 5.26. The molecule has 0 amide bonds. The molecule has 1 aromatic rings. The molecule has 1 N–H and O–H groups in total. The Morgan fingerprint density at radius 1 is 1.00 bits per heavy atom. The lowest BCUT2D eigenvalue weighted by Crippen LogP contribution is -2.33. The molecule has 0 spiro atoms. The molecule has 3 heteroatoms. The van der Waals surface area contributed by atoms with Gasteiger partial charge in [0.1, 0.15) is 0 Å². The number of hydrogen-bond donors (Lipinski definition) is 1. The number of hydrogen-bond acceptors (Lipinski definition) is 3. The fourth-order valence-electron chi connectivity index (χ4n) is 2.03. The van der Waals surface area contributed by atoms with Gasteiger partial charge in [-0.05, 0) is 39.6 Å². The Morgan fingerprint density at radius 3 is 2.28 bits per heavy atom. The summed E-state index contributed by atoms with van der Waals surface area (Å²) in [4.78, 5) is 4.51. The van der Waals surface area contributed by atoms with Crippen molar-refractivity contribution in [2.24, 2.45) is 0 Å². The first-order chi connectivity index (χ1) is 8.50. The van der Waals surface area contributed by atoms with E-state index in [2.05, 4.69) is 68.3 Å². The number of nitrogens with one attached hydrogen (secondary N) is 1. The van der Waals surface area contributed by atoms with Crippen molar-refractivity contribution < 1.29 is 0 Å². The quantitative estimate of drug-likeness (QED) is 0.745. The van der Waals surface area contributed by atoms with Gasteiger partial charge in [0.05, 0.1) is 0 Å². The SMILES string of the molecule is Cc1ccc(N(C)CCNCCN(C)C)c(C)c1. The second kappa shape index (κ2) is 7.39. The lowest BCUT2D eigenvalue weighted by Gasteiger charge is -2.22. The molecular formula is C15H27N3. The van der Waals surface area contributed by atoms with Gasteiger partial charge in [0.15, 0.2) is 0 Å². The first-order valence-corrected chi connectivity index (χ1v) is 6.64. The molecule has 1 rings (SSSR count). The molecular weight excluding hydrogens is 222 g/mol. The van der Waals surface area contributed by atoms with E-state index in [1.807, 2.05) is 0 Å². The maximum atomic E-state index is 3.46. The fraction of sp³-hybridized carbons (Fsp3) is 0.600. The number of benzene rings is 1. The van der Waals surface area contributed by atoms with Gasteiger partial charge in [-0.25, -0.2) is 0 Å². The van der Waals surface area contributed by atoms with Crippen LogP contribution in [0, 0.1) is 13.8 Å². The van der Waals surface area contributed by atoms with Gasteiger partial charge < -0.3 is 15.1 Å². The average Bonchev–Trinajstić information content (AvgIpc) is 2.27. The summed E-state index contributed by atoms with van der Waals surface area (Å²) in [5.41, 5.74) is 4.01. The maximum Gasteiger partial charge on any atom is 0.0393 e. The normalized spacial score (nSPS) is 11.0. The highest BCUT2D eigenvalue weighted by molar-refractivity contribution is 5.53. The molecule has 0 aliphatic heterocycles. The minimum Gasteiger partial charge on any atom is -0.373 e. The highest BCUT2D eigenvalue weighted by Crippen LogP contribution is 2.19. The molecule has 0 radical (unpaired) electrons. The van der Waals surface area contributed by atoms with E-state index in [0.717, 1.165) is 26.2 Å². The van der Waals surface area contributed by atoms with E-state index < -0.39 is 0 Å². The number of anilines is 1. The molecule has 0 atom stereocenters. The molecule has 0 aliphatic carbocycles. The number of likely N-dealkylation sites (N-methyl/N-ethyl adjacent to an activating group) is 2. The third-order valence-corrected chi connectivity index (χ3v) is 3.12. The highest BCUT2D eigenvalue weighted by atomic mass is 15.1. The summed E-state index contributed by atoms with van der Waals surface area (Å²) in [6.07, 6.45) is 0. The Balaban J connectivity index is 2.34. The number of nitrogens with zero attached hydrogens (tertiary/aromatic N) is 2. The van der Waals surface area contributed by atoms with Crippen LogP contribution in [0.15, 0.2) is 18.2 Å². The van der Waals surface area contributed by atoms with Crippen LogP contribution in [-0.2, 0) is 0 Å². The summed E-state index contributed by atoms with van der Waals surface area (Å²) < 4.78 is 0. The first kappa shape index (κ1) is 15.0. The smallest absolute Gasteiger partial charge is 0.0393 e. The van der Waals surface area contributed by atoms with Gasteiger partial charge in [0.2, 0.25) is 0 Å². The molecule has 18 heavy (non-hydrogen) atoms. The van der Waals surface area contributed by atoms with Crippen LogP contribution >= 0.6 is 0 Å². The molecule has 0 saturated heterocycles. The van der Waals surface area contributed by atoms with Gasteiger partial charge in [-0.3, -0.25) is 0 Å². The molecule has 0 unspecified atom stereocenters. The van der Waals surface area contributed by atoms with E-state index in [-0.39, 0.29) is 0 Å². The van der Waals surface area contributed by atoms with Crippen molar-refractivity contribution in [3.8, 4) is 0 Å². The third-order valence-electron chi connectivity index (χ3n) is 3.12. The van der Waals surface area contributed by atoms with Crippen LogP contribution in [0.3, 0.4) is 0 Å². The summed E-state index contributed by atoms with van der Waals surface area (Å²) >= 11 is 0. The van der Waals surface area contributed by atoms with Gasteiger partial charge in [-0.2, -0.15) is 0 Å². The van der Waals surface area contributed by atoms with Crippen LogP contribution in [0.2, 0.25) is 0 Å². The highest BCUT2D eigenvalue weighted by Gasteiger charge is 2.03. The van der Waals surface area contributed by atoms with Gasteiger partial charge in [0, 0.05) is 38.9 Å². The Morgan fingerprint density at radius 2 is 1.67 bits per heavy atom. The largest absolute Gasteiger partial charge is 0.373 e. The van der Waals surface area contributed by atoms with E-state index in [0.29, 0.717) is 0 Å². The van der Waals surface area contributed by atoms with Crippen molar-refractivity contribution >= 4 is 5.69 Å². The molecule has 102 valence electrons. The summed E-state index contributed by atoms with van der Waals surface area (Å²) in [5.74, 6) is 0. The Bertz CT molecular complexity index is 361. The lowest BCUT2D eigenvalue weighted by atomic mass is 10.1. The molecule has 0 fully saturated rings. The van der Waals surface area contributed by atoms with E-state index >= 15 is 0 Å². The molecule has 1 aromatic carbocycles. The first-order valence-electron chi connectivity index (χ1n) is 6.64. The fourth-order valence-corrected chi connectivity index (χ4v) is 2.03. The number of rotatable bonds is 7. The van der Waals surface area contributed by atoms with E-state index in [9.17, 15) is 0 Å². The predicted octanol–water partition coefficient (Wildman–Crippen LogP) is 1.89. The zero-order valence-corrected chi connectivity index (χ0v) is 12.5. The molecule has 3 nitrogen and oxygen atoms in total. The summed E-state index contributed by atoms with van der Waals surface area (Å²) in [6, 6.07) is 6.63. The zero-order chi connectivity index (χ0) is 13.5. The van der Waals surface area contributed by atoms with Crippen LogP contribution in [0.25, 0.3) is 0 Å². The van der Waals surface area contributed by atoms with E-state index in [1.165, 1.54) is 16.8 Å². The minimum atomic E-state index is 1.03. The molecule has 0 heterocycles. The number of aryl methyl sites for hydroxylation is 2. The minimum absolute atomic E-state index is 1.03. The molecule has 0 bridgehead atoms. The van der Waals surface area contributed by atoms with Gasteiger partial charge in [-0.1, -0.05) is 17.7 Å². The standard InChI is InChI=1S/C15H27N3/c1-13-6-7-15(14(2)12-13)18(5)11-9-16-8-10-17(3)4/h6-7,12,16H,8-11H2,1-5H3. The van der Waals surface area contributed by atoms with Gasteiger partial charge in [-0.15, -0.1) is 0 Å². The Kier molecular flexibility index (Phi) is 6.16. The van der Waals surface area contributed by atoms with Crippen molar-refractivity contribution in [2.75, 3.05) is 52.2 Å².